The van der Waals surface area contributed by atoms with Crippen molar-refractivity contribution in [2.24, 2.45) is 14.1 Å². The molecule has 0 N–H and O–H groups in total. The fraction of sp³-hybridized carbons (Fsp3) is 0.100. The SMILES string of the molecule is Cn1ccnc1-c1ccccc1-c1ccccc1-c1nccn1C. The summed E-state index contributed by atoms with van der Waals surface area (Å²) in [5, 5.41) is 0. The van der Waals surface area contributed by atoms with Gasteiger partial charge in [-0.15, -0.1) is 0 Å². The Hall–Kier alpha value is -3.14. The Bertz CT molecular complexity index is 912. The molecule has 0 unspecified atom stereocenters. The van der Waals surface area contributed by atoms with E-state index in [1.807, 2.05) is 48.0 Å². The molecule has 0 aliphatic carbocycles. The summed E-state index contributed by atoms with van der Waals surface area (Å²) in [6.45, 7) is 0. The summed E-state index contributed by atoms with van der Waals surface area (Å²) in [4.78, 5) is 9.05. The summed E-state index contributed by atoms with van der Waals surface area (Å²) >= 11 is 0. The predicted molar refractivity (Wildman–Crippen MR) is 96.3 cm³/mol. The largest absolute Gasteiger partial charge is 0.334 e. The average molecular weight is 314 g/mol. The van der Waals surface area contributed by atoms with Crippen molar-refractivity contribution in [3.63, 3.8) is 0 Å². The Kier molecular flexibility index (Phi) is 3.50. The van der Waals surface area contributed by atoms with Crippen LogP contribution in [0.2, 0.25) is 0 Å². The minimum atomic E-state index is 0.959. The van der Waals surface area contributed by atoms with Gasteiger partial charge in [0, 0.05) is 50.0 Å². The van der Waals surface area contributed by atoms with E-state index in [1.165, 1.54) is 0 Å². The van der Waals surface area contributed by atoms with E-state index in [9.17, 15) is 0 Å². The van der Waals surface area contributed by atoms with Gasteiger partial charge in [0.15, 0.2) is 0 Å². The molecule has 24 heavy (non-hydrogen) atoms. The van der Waals surface area contributed by atoms with Gasteiger partial charge in [-0.05, 0) is 11.1 Å². The lowest BCUT2D eigenvalue weighted by Gasteiger charge is -2.14. The van der Waals surface area contributed by atoms with Crippen LogP contribution < -0.4 is 0 Å². The summed E-state index contributed by atoms with van der Waals surface area (Å²) in [5.41, 5.74) is 4.55. The Balaban J connectivity index is 1.97. The summed E-state index contributed by atoms with van der Waals surface area (Å²) in [5.74, 6) is 1.92. The first-order chi connectivity index (χ1) is 11.8. The number of imidazole rings is 2. The molecular weight excluding hydrogens is 296 g/mol. The maximum atomic E-state index is 4.52. The highest BCUT2D eigenvalue weighted by molar-refractivity contribution is 5.88. The highest BCUT2D eigenvalue weighted by Gasteiger charge is 2.15. The van der Waals surface area contributed by atoms with Crippen molar-refractivity contribution in [1.82, 2.24) is 19.1 Å². The van der Waals surface area contributed by atoms with E-state index in [1.54, 1.807) is 0 Å². The molecular formula is C20H18N4. The summed E-state index contributed by atoms with van der Waals surface area (Å²) in [6, 6.07) is 16.8. The minimum absolute atomic E-state index is 0.959. The molecule has 0 saturated heterocycles. The van der Waals surface area contributed by atoms with Gasteiger partial charge in [0.1, 0.15) is 11.6 Å². The van der Waals surface area contributed by atoms with Crippen LogP contribution in [0, 0.1) is 0 Å². The lowest BCUT2D eigenvalue weighted by atomic mass is 9.94. The highest BCUT2D eigenvalue weighted by atomic mass is 15.0. The third-order valence-electron chi connectivity index (χ3n) is 4.27. The van der Waals surface area contributed by atoms with Gasteiger partial charge in [-0.25, -0.2) is 9.97 Å². The summed E-state index contributed by atoms with van der Waals surface area (Å²) in [6.07, 6.45) is 7.60. The molecule has 0 amide bonds. The van der Waals surface area contributed by atoms with Crippen LogP contribution >= 0.6 is 0 Å². The Labute approximate surface area is 141 Å². The lowest BCUT2D eigenvalue weighted by Crippen LogP contribution is -1.97. The number of hydrogen-bond donors (Lipinski definition) is 0. The Morgan fingerprint density at radius 3 is 1.29 bits per heavy atom. The molecule has 2 aromatic carbocycles. The molecule has 4 nitrogen and oxygen atoms in total. The fourth-order valence-electron chi connectivity index (χ4n) is 3.08. The maximum absolute atomic E-state index is 4.52. The number of benzene rings is 2. The Morgan fingerprint density at radius 2 is 0.958 bits per heavy atom. The molecule has 4 rings (SSSR count). The second-order valence-corrected chi connectivity index (χ2v) is 5.81. The second kappa shape index (κ2) is 5.81. The van der Waals surface area contributed by atoms with Crippen molar-refractivity contribution in [2.45, 2.75) is 0 Å². The van der Waals surface area contributed by atoms with Gasteiger partial charge < -0.3 is 9.13 Å². The van der Waals surface area contributed by atoms with Crippen LogP contribution in [-0.4, -0.2) is 19.1 Å². The minimum Gasteiger partial charge on any atom is -0.334 e. The van der Waals surface area contributed by atoms with Gasteiger partial charge in [-0.1, -0.05) is 48.5 Å². The molecule has 118 valence electrons. The van der Waals surface area contributed by atoms with Crippen LogP contribution in [0.25, 0.3) is 33.9 Å². The average Bonchev–Trinajstić information content (AvgIpc) is 3.23. The van der Waals surface area contributed by atoms with Gasteiger partial charge in [-0.3, -0.25) is 0 Å². The van der Waals surface area contributed by atoms with Gasteiger partial charge >= 0.3 is 0 Å². The van der Waals surface area contributed by atoms with E-state index in [0.717, 1.165) is 33.9 Å². The molecule has 0 saturated carbocycles. The van der Waals surface area contributed by atoms with Crippen molar-refractivity contribution < 1.29 is 0 Å². The molecule has 0 spiro atoms. The number of aromatic nitrogens is 4. The first-order valence-electron chi connectivity index (χ1n) is 7.89. The van der Waals surface area contributed by atoms with E-state index >= 15 is 0 Å². The van der Waals surface area contributed by atoms with E-state index in [4.69, 9.17) is 0 Å². The molecule has 4 heteroatoms. The molecule has 0 radical (unpaired) electrons. The van der Waals surface area contributed by atoms with Crippen molar-refractivity contribution >= 4 is 0 Å². The number of hydrogen-bond acceptors (Lipinski definition) is 2. The lowest BCUT2D eigenvalue weighted by molar-refractivity contribution is 0.923. The molecule has 0 fully saturated rings. The molecule has 0 bridgehead atoms. The van der Waals surface area contributed by atoms with Gasteiger partial charge in [-0.2, -0.15) is 0 Å². The molecule has 4 aromatic rings. The zero-order valence-corrected chi connectivity index (χ0v) is 13.7. The van der Waals surface area contributed by atoms with Crippen LogP contribution in [0.4, 0.5) is 0 Å². The fourth-order valence-corrected chi connectivity index (χ4v) is 3.08. The zero-order chi connectivity index (χ0) is 16.5. The van der Waals surface area contributed by atoms with E-state index in [2.05, 4.69) is 58.5 Å². The van der Waals surface area contributed by atoms with Crippen LogP contribution in [0.5, 0.6) is 0 Å². The van der Waals surface area contributed by atoms with Crippen molar-refractivity contribution in [3.8, 4) is 33.9 Å². The van der Waals surface area contributed by atoms with Crippen molar-refractivity contribution in [2.75, 3.05) is 0 Å². The van der Waals surface area contributed by atoms with Crippen LogP contribution in [0.15, 0.2) is 73.3 Å². The quantitative estimate of drug-likeness (QED) is 0.569. The number of nitrogens with zero attached hydrogens (tertiary/aromatic N) is 4. The van der Waals surface area contributed by atoms with Gasteiger partial charge in [0.05, 0.1) is 0 Å². The normalized spacial score (nSPS) is 10.9. The molecule has 0 aliphatic heterocycles. The van der Waals surface area contributed by atoms with Gasteiger partial charge in [0.25, 0.3) is 0 Å². The third-order valence-corrected chi connectivity index (χ3v) is 4.27. The maximum Gasteiger partial charge on any atom is 0.140 e. The van der Waals surface area contributed by atoms with Gasteiger partial charge in [0.2, 0.25) is 0 Å². The van der Waals surface area contributed by atoms with Crippen LogP contribution in [0.1, 0.15) is 0 Å². The smallest absolute Gasteiger partial charge is 0.140 e. The van der Waals surface area contributed by atoms with E-state index in [-0.39, 0.29) is 0 Å². The molecule has 0 atom stereocenters. The number of rotatable bonds is 3. The zero-order valence-electron chi connectivity index (χ0n) is 13.7. The molecule has 2 heterocycles. The summed E-state index contributed by atoms with van der Waals surface area (Å²) < 4.78 is 4.09. The van der Waals surface area contributed by atoms with Crippen LogP contribution in [-0.2, 0) is 14.1 Å². The molecule has 0 aliphatic rings. The Morgan fingerprint density at radius 1 is 0.583 bits per heavy atom. The predicted octanol–water partition coefficient (Wildman–Crippen LogP) is 4.15. The first-order valence-corrected chi connectivity index (χ1v) is 7.89. The summed E-state index contributed by atoms with van der Waals surface area (Å²) in [7, 11) is 4.04. The second-order valence-electron chi connectivity index (χ2n) is 5.81. The number of aryl methyl sites for hydroxylation is 2. The van der Waals surface area contributed by atoms with Crippen LogP contribution in [0.3, 0.4) is 0 Å². The van der Waals surface area contributed by atoms with Crippen molar-refractivity contribution in [1.29, 1.82) is 0 Å². The van der Waals surface area contributed by atoms with E-state index < -0.39 is 0 Å². The first kappa shape index (κ1) is 14.5. The third kappa shape index (κ3) is 2.33. The van der Waals surface area contributed by atoms with Crippen molar-refractivity contribution in [3.05, 3.63) is 73.3 Å². The molecule has 2 aromatic heterocycles. The van der Waals surface area contributed by atoms with E-state index in [0.29, 0.717) is 0 Å². The monoisotopic (exact) mass is 314 g/mol. The highest BCUT2D eigenvalue weighted by Crippen LogP contribution is 2.36. The topological polar surface area (TPSA) is 35.6 Å². The standard InChI is InChI=1S/C20H18N4/c1-23-13-11-21-19(23)17-9-5-3-7-15(17)16-8-4-6-10-18(16)20-22-12-14-24(20)2/h3-14H,1-2H3.